The lowest BCUT2D eigenvalue weighted by atomic mass is 10.2. The van der Waals surface area contributed by atoms with Gasteiger partial charge in [0.15, 0.2) is 0 Å². The maximum Gasteiger partial charge on any atom is 0.262 e. The summed E-state index contributed by atoms with van der Waals surface area (Å²) in [5, 5.41) is 4.86. The monoisotopic (exact) mass is 256 g/mol. The average Bonchev–Trinajstić information content (AvgIpc) is 3.03. The second-order valence-electron chi connectivity index (χ2n) is 4.03. The number of carbonyl (C=O) groups is 1. The predicted octanol–water partition coefficient (Wildman–Crippen LogP) is 1.94. The number of thiophene rings is 1. The van der Waals surface area contributed by atoms with E-state index in [2.05, 4.69) is 5.32 Å². The smallest absolute Gasteiger partial charge is 0.262 e. The summed E-state index contributed by atoms with van der Waals surface area (Å²) in [5.74, 6) is 0.638. The predicted molar refractivity (Wildman–Crippen MR) is 69.1 cm³/mol. The molecule has 1 heterocycles. The van der Waals surface area contributed by atoms with Gasteiger partial charge in [-0.3, -0.25) is 4.79 Å². The zero-order chi connectivity index (χ0) is 11.5. The molecule has 1 atom stereocenters. The van der Waals surface area contributed by atoms with Crippen LogP contribution < -0.4 is 11.1 Å². The zero-order valence-electron chi connectivity index (χ0n) is 9.23. The maximum atomic E-state index is 11.9. The second kappa shape index (κ2) is 5.21. The molecule has 3 nitrogen and oxygen atoms in total. The Bertz CT molecular complexity index is 374. The topological polar surface area (TPSA) is 55.1 Å². The summed E-state index contributed by atoms with van der Waals surface area (Å²) in [6.45, 7) is 0.592. The summed E-state index contributed by atoms with van der Waals surface area (Å²) in [5.41, 5.74) is 5.93. The van der Waals surface area contributed by atoms with Crippen LogP contribution in [0.25, 0.3) is 0 Å². The van der Waals surface area contributed by atoms with Crippen molar-refractivity contribution in [3.8, 4) is 0 Å². The minimum atomic E-state index is 0.00968. The van der Waals surface area contributed by atoms with Gasteiger partial charge < -0.3 is 11.1 Å². The fourth-order valence-corrected chi connectivity index (χ4v) is 3.27. The lowest BCUT2D eigenvalue weighted by molar-refractivity contribution is 0.0952. The summed E-state index contributed by atoms with van der Waals surface area (Å²) >= 11 is 3.09. The fourth-order valence-electron chi connectivity index (χ4n) is 1.61. The Morgan fingerprint density at radius 3 is 3.12 bits per heavy atom. The van der Waals surface area contributed by atoms with E-state index in [-0.39, 0.29) is 11.9 Å². The average molecular weight is 256 g/mol. The van der Waals surface area contributed by atoms with Gasteiger partial charge in [-0.05, 0) is 36.5 Å². The van der Waals surface area contributed by atoms with E-state index >= 15 is 0 Å². The van der Waals surface area contributed by atoms with Gasteiger partial charge >= 0.3 is 0 Å². The van der Waals surface area contributed by atoms with Gasteiger partial charge in [-0.25, -0.2) is 0 Å². The van der Waals surface area contributed by atoms with Crippen molar-refractivity contribution in [2.75, 3.05) is 12.8 Å². The number of nitrogens with two attached hydrogens (primary N) is 1. The number of rotatable bonds is 5. The molecule has 0 spiro atoms. The molecule has 1 fully saturated rings. The van der Waals surface area contributed by atoms with Gasteiger partial charge in [0.2, 0.25) is 0 Å². The van der Waals surface area contributed by atoms with Crippen LogP contribution in [0, 0.1) is 5.92 Å². The minimum Gasteiger partial charge on any atom is -0.350 e. The Morgan fingerprint density at radius 2 is 2.50 bits per heavy atom. The van der Waals surface area contributed by atoms with Crippen LogP contribution in [0.1, 0.15) is 22.5 Å². The Hall–Kier alpha value is -0.520. The van der Waals surface area contributed by atoms with Crippen LogP contribution in [0.15, 0.2) is 16.3 Å². The molecular weight excluding hydrogens is 240 g/mol. The van der Waals surface area contributed by atoms with Gasteiger partial charge in [0.05, 0.1) is 0 Å². The van der Waals surface area contributed by atoms with Crippen LogP contribution in [0.4, 0.5) is 0 Å². The third-order valence-electron chi connectivity index (χ3n) is 2.78. The lowest BCUT2D eigenvalue weighted by Crippen LogP contribution is -2.38. The number of carbonyl (C=O) groups excluding carboxylic acids is 1. The van der Waals surface area contributed by atoms with Crippen LogP contribution in [0.2, 0.25) is 0 Å². The van der Waals surface area contributed by atoms with Crippen molar-refractivity contribution in [3.63, 3.8) is 0 Å². The molecule has 1 aliphatic rings. The molecule has 3 N–H and O–H groups in total. The number of nitrogens with one attached hydrogen (secondary N) is 1. The van der Waals surface area contributed by atoms with E-state index in [9.17, 15) is 4.79 Å². The fraction of sp³-hybridized carbons (Fsp3) is 0.545. The second-order valence-corrected chi connectivity index (χ2v) is 5.79. The molecular formula is C11H16N2OS2. The zero-order valence-corrected chi connectivity index (χ0v) is 10.9. The Labute approximate surface area is 104 Å². The van der Waals surface area contributed by atoms with E-state index in [1.54, 1.807) is 11.8 Å². The molecule has 0 aliphatic heterocycles. The highest BCUT2D eigenvalue weighted by Gasteiger charge is 2.28. The van der Waals surface area contributed by atoms with Crippen molar-refractivity contribution < 1.29 is 4.79 Å². The molecule has 1 amide bonds. The normalized spacial score (nSPS) is 17.1. The summed E-state index contributed by atoms with van der Waals surface area (Å²) < 4.78 is 0. The van der Waals surface area contributed by atoms with Crippen molar-refractivity contribution in [3.05, 3.63) is 16.3 Å². The third-order valence-corrected chi connectivity index (χ3v) is 4.60. The Morgan fingerprint density at radius 1 is 1.75 bits per heavy atom. The molecule has 1 saturated carbocycles. The van der Waals surface area contributed by atoms with Gasteiger partial charge in [0.25, 0.3) is 5.91 Å². The van der Waals surface area contributed by atoms with E-state index in [0.29, 0.717) is 12.5 Å². The molecule has 0 saturated heterocycles. The van der Waals surface area contributed by atoms with Gasteiger partial charge in [-0.1, -0.05) is 0 Å². The van der Waals surface area contributed by atoms with E-state index in [1.165, 1.54) is 24.2 Å². The number of amides is 1. The molecule has 5 heteroatoms. The van der Waals surface area contributed by atoms with Crippen LogP contribution in [-0.4, -0.2) is 24.7 Å². The molecule has 1 aromatic heterocycles. The van der Waals surface area contributed by atoms with Gasteiger partial charge in [0, 0.05) is 17.5 Å². The summed E-state index contributed by atoms with van der Waals surface area (Å²) in [4.78, 5) is 13.7. The molecule has 1 unspecified atom stereocenters. The molecule has 0 radical (unpaired) electrons. The number of hydrogen-bond acceptors (Lipinski definition) is 4. The Kier molecular flexibility index (Phi) is 3.89. The molecule has 2 rings (SSSR count). The van der Waals surface area contributed by atoms with Crippen LogP contribution in [-0.2, 0) is 0 Å². The number of hydrogen-bond donors (Lipinski definition) is 2. The van der Waals surface area contributed by atoms with Crippen molar-refractivity contribution in [2.24, 2.45) is 11.7 Å². The van der Waals surface area contributed by atoms with Gasteiger partial charge in [-0.2, -0.15) is 0 Å². The van der Waals surface area contributed by atoms with Crippen molar-refractivity contribution in [1.82, 2.24) is 5.32 Å². The van der Waals surface area contributed by atoms with E-state index in [1.807, 2.05) is 17.7 Å². The highest BCUT2D eigenvalue weighted by atomic mass is 32.2. The molecule has 16 heavy (non-hydrogen) atoms. The SMILES string of the molecule is CSc1ccsc1C(=O)NCC(N)C1CC1. The molecule has 88 valence electrons. The van der Waals surface area contributed by atoms with Crippen LogP contribution in [0.3, 0.4) is 0 Å². The lowest BCUT2D eigenvalue weighted by Gasteiger charge is -2.11. The first kappa shape index (κ1) is 12.0. The van der Waals surface area contributed by atoms with Gasteiger partial charge in [-0.15, -0.1) is 23.1 Å². The number of thioether (sulfide) groups is 1. The Balaban J connectivity index is 1.87. The van der Waals surface area contributed by atoms with E-state index < -0.39 is 0 Å². The summed E-state index contributed by atoms with van der Waals surface area (Å²) in [6, 6.07) is 2.10. The summed E-state index contributed by atoms with van der Waals surface area (Å²) in [7, 11) is 0. The minimum absolute atomic E-state index is 0.00968. The van der Waals surface area contributed by atoms with Crippen molar-refractivity contribution in [2.45, 2.75) is 23.8 Å². The van der Waals surface area contributed by atoms with E-state index in [4.69, 9.17) is 5.73 Å². The third kappa shape index (κ3) is 2.78. The highest BCUT2D eigenvalue weighted by molar-refractivity contribution is 7.98. The van der Waals surface area contributed by atoms with Crippen LogP contribution >= 0.6 is 23.1 Å². The molecule has 0 aromatic carbocycles. The maximum absolute atomic E-state index is 11.9. The van der Waals surface area contributed by atoms with Crippen molar-refractivity contribution >= 4 is 29.0 Å². The molecule has 0 bridgehead atoms. The van der Waals surface area contributed by atoms with Gasteiger partial charge in [0.1, 0.15) is 4.88 Å². The largest absolute Gasteiger partial charge is 0.350 e. The molecule has 1 aliphatic carbocycles. The van der Waals surface area contributed by atoms with Crippen molar-refractivity contribution in [1.29, 1.82) is 0 Å². The quantitative estimate of drug-likeness (QED) is 0.792. The first-order valence-corrected chi connectivity index (χ1v) is 7.48. The van der Waals surface area contributed by atoms with Crippen LogP contribution in [0.5, 0.6) is 0 Å². The van der Waals surface area contributed by atoms with E-state index in [0.717, 1.165) is 9.77 Å². The first-order chi connectivity index (χ1) is 7.72. The molecule has 1 aromatic rings. The highest BCUT2D eigenvalue weighted by Crippen LogP contribution is 2.31. The standard InChI is InChI=1S/C11H16N2OS2/c1-15-9-4-5-16-10(9)11(14)13-6-8(12)7-2-3-7/h4-5,7-8H,2-3,6,12H2,1H3,(H,13,14). The first-order valence-electron chi connectivity index (χ1n) is 5.37. The summed E-state index contributed by atoms with van der Waals surface area (Å²) in [6.07, 6.45) is 4.41.